The highest BCUT2D eigenvalue weighted by Gasteiger charge is 2.70. The van der Waals surface area contributed by atoms with Gasteiger partial charge < -0.3 is 9.84 Å². The number of esters is 1. The SMILES string of the molecule is CC(=O)O[C@@H]1CC[C@@]2(C)[C@H]3CC=C4[C@@H]5[C@H](C)[C@H](C)CC[C@]5(C)CC[C@]4(C)[C@]3(C)CC[C@@H]2[C@]1(C)C(=O)O. The van der Waals surface area contributed by atoms with E-state index in [1.165, 1.54) is 32.6 Å². The van der Waals surface area contributed by atoms with Crippen molar-refractivity contribution in [3.05, 3.63) is 11.6 Å². The topological polar surface area (TPSA) is 63.6 Å². The minimum Gasteiger partial charge on any atom is -0.481 e. The van der Waals surface area contributed by atoms with Crippen LogP contribution in [0.15, 0.2) is 11.6 Å². The number of ether oxygens (including phenoxy) is 1. The van der Waals surface area contributed by atoms with Gasteiger partial charge in [-0.25, -0.2) is 0 Å². The first-order chi connectivity index (χ1) is 16.6. The number of hydrogen-bond donors (Lipinski definition) is 1. The van der Waals surface area contributed by atoms with Crippen molar-refractivity contribution < 1.29 is 19.4 Å². The molecule has 0 spiro atoms. The number of carbonyl (C=O) groups is 2. The first kappa shape index (κ1) is 26.3. The van der Waals surface area contributed by atoms with Gasteiger partial charge in [0.25, 0.3) is 0 Å². The lowest BCUT2D eigenvalue weighted by Gasteiger charge is -2.71. The van der Waals surface area contributed by atoms with Gasteiger partial charge in [0.05, 0.1) is 0 Å². The van der Waals surface area contributed by atoms with E-state index in [-0.39, 0.29) is 28.1 Å². The molecule has 4 nitrogen and oxygen atoms in total. The molecule has 0 aromatic rings. The number of hydrogen-bond acceptors (Lipinski definition) is 3. The summed E-state index contributed by atoms with van der Waals surface area (Å²) in [6, 6.07) is 0. The van der Waals surface area contributed by atoms with E-state index >= 15 is 0 Å². The van der Waals surface area contributed by atoms with Gasteiger partial charge in [0, 0.05) is 6.92 Å². The summed E-state index contributed by atoms with van der Waals surface area (Å²) in [6.07, 6.45) is 12.0. The molecule has 202 valence electrons. The fourth-order valence-electron chi connectivity index (χ4n) is 11.2. The molecule has 5 rings (SSSR count). The third kappa shape index (κ3) is 3.17. The lowest BCUT2D eigenvalue weighted by Crippen LogP contribution is -2.66. The van der Waals surface area contributed by atoms with Gasteiger partial charge in [-0.15, -0.1) is 0 Å². The van der Waals surface area contributed by atoms with E-state index in [2.05, 4.69) is 47.6 Å². The Morgan fingerprint density at radius 1 is 0.917 bits per heavy atom. The van der Waals surface area contributed by atoms with Crippen molar-refractivity contribution in [1.29, 1.82) is 0 Å². The second-order valence-electron chi connectivity index (χ2n) is 15.0. The van der Waals surface area contributed by atoms with E-state index in [0.717, 1.165) is 37.5 Å². The Hall–Kier alpha value is -1.32. The monoisotopic (exact) mass is 498 g/mol. The maximum atomic E-state index is 12.9. The van der Waals surface area contributed by atoms with Gasteiger partial charge in [0.2, 0.25) is 0 Å². The van der Waals surface area contributed by atoms with E-state index < -0.39 is 17.5 Å². The van der Waals surface area contributed by atoms with E-state index in [1.54, 1.807) is 5.57 Å². The zero-order valence-corrected chi connectivity index (χ0v) is 24.1. The van der Waals surface area contributed by atoms with Crippen molar-refractivity contribution >= 4 is 11.9 Å². The molecule has 0 saturated heterocycles. The van der Waals surface area contributed by atoms with Gasteiger partial charge in [-0.3, -0.25) is 9.59 Å². The molecule has 4 saturated carbocycles. The van der Waals surface area contributed by atoms with Gasteiger partial charge >= 0.3 is 11.9 Å². The van der Waals surface area contributed by atoms with Crippen molar-refractivity contribution in [2.75, 3.05) is 0 Å². The molecule has 11 atom stereocenters. The zero-order valence-electron chi connectivity index (χ0n) is 24.1. The van der Waals surface area contributed by atoms with E-state index in [9.17, 15) is 14.7 Å². The van der Waals surface area contributed by atoms with Crippen molar-refractivity contribution in [3.63, 3.8) is 0 Å². The first-order valence-electron chi connectivity index (χ1n) is 14.8. The second kappa shape index (κ2) is 8.09. The summed E-state index contributed by atoms with van der Waals surface area (Å²) in [6.45, 7) is 18.4. The number of aliphatic carboxylic acids is 1. The van der Waals surface area contributed by atoms with Crippen LogP contribution >= 0.6 is 0 Å². The Kier molecular flexibility index (Phi) is 5.91. The largest absolute Gasteiger partial charge is 0.481 e. The Morgan fingerprint density at radius 3 is 2.25 bits per heavy atom. The number of carboxylic acids is 1. The number of allylic oxidation sites excluding steroid dienone is 2. The van der Waals surface area contributed by atoms with Crippen LogP contribution in [0.2, 0.25) is 0 Å². The molecule has 5 aliphatic carbocycles. The molecule has 0 heterocycles. The molecular weight excluding hydrogens is 448 g/mol. The quantitative estimate of drug-likeness (QED) is 0.313. The van der Waals surface area contributed by atoms with Crippen LogP contribution in [-0.4, -0.2) is 23.1 Å². The van der Waals surface area contributed by atoms with Crippen LogP contribution in [0.3, 0.4) is 0 Å². The van der Waals surface area contributed by atoms with Crippen molar-refractivity contribution in [2.24, 2.45) is 56.7 Å². The number of carbonyl (C=O) groups excluding carboxylic acids is 1. The lowest BCUT2D eigenvalue weighted by atomic mass is 9.33. The molecule has 1 N–H and O–H groups in total. The van der Waals surface area contributed by atoms with Crippen LogP contribution in [0.1, 0.15) is 113 Å². The average Bonchev–Trinajstić information content (AvgIpc) is 2.79. The van der Waals surface area contributed by atoms with Crippen molar-refractivity contribution in [2.45, 2.75) is 119 Å². The van der Waals surface area contributed by atoms with Crippen LogP contribution in [0.25, 0.3) is 0 Å². The Labute approximate surface area is 219 Å². The normalized spacial score (nSPS) is 54.2. The molecule has 0 aromatic heterocycles. The fourth-order valence-corrected chi connectivity index (χ4v) is 11.2. The third-order valence-corrected chi connectivity index (χ3v) is 13.8. The maximum absolute atomic E-state index is 12.9. The summed E-state index contributed by atoms with van der Waals surface area (Å²) in [5.41, 5.74) is 1.40. The van der Waals surface area contributed by atoms with Gasteiger partial charge in [0.1, 0.15) is 11.5 Å². The first-order valence-corrected chi connectivity index (χ1v) is 14.8. The van der Waals surface area contributed by atoms with Gasteiger partial charge in [-0.1, -0.05) is 53.2 Å². The fraction of sp³-hybridized carbons (Fsp3) is 0.875. The minimum atomic E-state index is -1.04. The third-order valence-electron chi connectivity index (χ3n) is 13.8. The van der Waals surface area contributed by atoms with Crippen LogP contribution in [0, 0.1) is 56.7 Å². The summed E-state index contributed by atoms with van der Waals surface area (Å²) in [5, 5.41) is 10.5. The lowest BCUT2D eigenvalue weighted by molar-refractivity contribution is -0.223. The van der Waals surface area contributed by atoms with Crippen LogP contribution < -0.4 is 0 Å². The van der Waals surface area contributed by atoms with Crippen LogP contribution in [-0.2, 0) is 14.3 Å². The van der Waals surface area contributed by atoms with E-state index in [0.29, 0.717) is 23.7 Å². The van der Waals surface area contributed by atoms with Gasteiger partial charge in [0.15, 0.2) is 0 Å². The summed E-state index contributed by atoms with van der Waals surface area (Å²) >= 11 is 0. The Morgan fingerprint density at radius 2 is 1.61 bits per heavy atom. The molecule has 4 fully saturated rings. The summed E-state index contributed by atoms with van der Waals surface area (Å²) in [5.74, 6) is 1.47. The number of rotatable bonds is 2. The van der Waals surface area contributed by atoms with Gasteiger partial charge in [-0.05, 0) is 116 Å². The van der Waals surface area contributed by atoms with Crippen molar-refractivity contribution in [1.82, 2.24) is 0 Å². The molecule has 36 heavy (non-hydrogen) atoms. The predicted octanol–water partition coefficient (Wildman–Crippen LogP) is 7.66. The van der Waals surface area contributed by atoms with Crippen LogP contribution in [0.4, 0.5) is 0 Å². The second-order valence-corrected chi connectivity index (χ2v) is 15.0. The van der Waals surface area contributed by atoms with Gasteiger partial charge in [-0.2, -0.15) is 0 Å². The molecule has 4 heteroatoms. The molecule has 0 aromatic carbocycles. The Bertz CT molecular complexity index is 985. The summed E-state index contributed by atoms with van der Waals surface area (Å²) in [4.78, 5) is 24.8. The molecular formula is C32H50O4. The van der Waals surface area contributed by atoms with E-state index in [1.807, 2.05) is 6.92 Å². The van der Waals surface area contributed by atoms with Crippen LogP contribution in [0.5, 0.6) is 0 Å². The molecule has 0 amide bonds. The molecule has 0 unspecified atom stereocenters. The van der Waals surface area contributed by atoms with E-state index in [4.69, 9.17) is 4.74 Å². The summed E-state index contributed by atoms with van der Waals surface area (Å²) < 4.78 is 5.69. The average molecular weight is 499 g/mol. The molecule has 5 aliphatic rings. The molecule has 0 bridgehead atoms. The molecule has 0 aliphatic heterocycles. The summed E-state index contributed by atoms with van der Waals surface area (Å²) in [7, 11) is 0. The minimum absolute atomic E-state index is 0.0136. The smallest absolute Gasteiger partial charge is 0.313 e. The standard InChI is InChI=1S/C32H50O4/c1-19-11-14-28(4)17-18-30(6)22(26(28)20(19)2)9-10-23-29(5)15-13-25(36-21(3)33)32(8,27(34)35)24(29)12-16-31(23,30)7/h9,19-20,23-26H,10-18H2,1-8H3,(H,34,35)/t19-,20-,23-,24+,25-,26+,28-,29+,30+,31-,32+/m1/s1. The highest BCUT2D eigenvalue weighted by molar-refractivity contribution is 5.77. The maximum Gasteiger partial charge on any atom is 0.313 e. The highest BCUT2D eigenvalue weighted by atomic mass is 16.5. The Balaban J connectivity index is 1.57. The number of fused-ring (bicyclic) bond motifs is 7. The van der Waals surface area contributed by atoms with Crippen molar-refractivity contribution in [3.8, 4) is 0 Å². The number of carboxylic acid groups (broad SMARTS) is 1. The zero-order chi connectivity index (χ0) is 26.5. The highest BCUT2D eigenvalue weighted by Crippen LogP contribution is 2.75. The molecule has 0 radical (unpaired) electrons. The predicted molar refractivity (Wildman–Crippen MR) is 142 cm³/mol.